The molecule has 1 aliphatic rings. The van der Waals surface area contributed by atoms with Crippen LogP contribution in [0.4, 0.5) is 5.82 Å². The van der Waals surface area contributed by atoms with E-state index in [1.165, 1.54) is 12.8 Å². The Morgan fingerprint density at radius 3 is 2.85 bits per heavy atom. The quantitative estimate of drug-likeness (QED) is 0.920. The van der Waals surface area contributed by atoms with Crippen molar-refractivity contribution in [1.29, 1.82) is 0 Å². The maximum absolute atomic E-state index is 12.4. The van der Waals surface area contributed by atoms with Crippen molar-refractivity contribution < 1.29 is 4.79 Å². The molecular formula is C15H26N4O. The van der Waals surface area contributed by atoms with Crippen molar-refractivity contribution in [3.63, 3.8) is 0 Å². The van der Waals surface area contributed by atoms with Crippen LogP contribution in [0.3, 0.4) is 0 Å². The Morgan fingerprint density at radius 1 is 1.45 bits per heavy atom. The minimum atomic E-state index is -0.0896. The number of nitrogens with zero attached hydrogens (tertiary/aromatic N) is 3. The fourth-order valence-electron chi connectivity index (χ4n) is 2.80. The van der Waals surface area contributed by atoms with Gasteiger partial charge in [0.15, 0.2) is 0 Å². The average molecular weight is 278 g/mol. The first-order valence-corrected chi connectivity index (χ1v) is 7.57. The molecule has 2 atom stereocenters. The number of anilines is 1. The molecule has 0 radical (unpaired) electrons. The van der Waals surface area contributed by atoms with Crippen molar-refractivity contribution in [3.05, 3.63) is 12.3 Å². The van der Waals surface area contributed by atoms with Gasteiger partial charge in [0.1, 0.15) is 5.82 Å². The molecular weight excluding hydrogens is 252 g/mol. The summed E-state index contributed by atoms with van der Waals surface area (Å²) in [6.07, 6.45) is 4.18. The Hall–Kier alpha value is -1.36. The summed E-state index contributed by atoms with van der Waals surface area (Å²) in [5.74, 6) is 1.52. The van der Waals surface area contributed by atoms with Crippen LogP contribution >= 0.6 is 0 Å². The second kappa shape index (κ2) is 6.39. The van der Waals surface area contributed by atoms with Crippen molar-refractivity contribution in [1.82, 2.24) is 14.7 Å². The van der Waals surface area contributed by atoms with Crippen LogP contribution in [0.2, 0.25) is 0 Å². The highest BCUT2D eigenvalue weighted by molar-refractivity contribution is 5.93. The van der Waals surface area contributed by atoms with Gasteiger partial charge in [-0.2, -0.15) is 5.10 Å². The molecule has 5 nitrogen and oxygen atoms in total. The van der Waals surface area contributed by atoms with Crippen LogP contribution < -0.4 is 5.32 Å². The van der Waals surface area contributed by atoms with Gasteiger partial charge in [0.2, 0.25) is 5.91 Å². The zero-order valence-corrected chi connectivity index (χ0v) is 13.0. The van der Waals surface area contributed by atoms with Gasteiger partial charge in [-0.05, 0) is 46.1 Å². The smallest absolute Gasteiger partial charge is 0.242 e. The summed E-state index contributed by atoms with van der Waals surface area (Å²) in [5.41, 5.74) is 0. The third kappa shape index (κ3) is 3.39. The first-order chi connectivity index (χ1) is 9.49. The summed E-state index contributed by atoms with van der Waals surface area (Å²) in [6.45, 7) is 10.4. The van der Waals surface area contributed by atoms with Gasteiger partial charge in [0.25, 0.3) is 0 Å². The zero-order chi connectivity index (χ0) is 14.7. The third-order valence-electron chi connectivity index (χ3n) is 4.03. The van der Waals surface area contributed by atoms with Crippen molar-refractivity contribution >= 4 is 11.7 Å². The molecule has 2 heterocycles. The van der Waals surface area contributed by atoms with Crippen molar-refractivity contribution in [2.75, 3.05) is 18.4 Å². The maximum Gasteiger partial charge on any atom is 0.242 e. The van der Waals surface area contributed by atoms with E-state index in [0.29, 0.717) is 5.92 Å². The standard InChI is InChI=1S/C15H26N4O/c1-11(2)19-14(7-8-16-19)17-15(20)13(4)18-9-5-6-12(3)10-18/h7-8,11-13H,5-6,9-10H2,1-4H3,(H,17,20). The lowest BCUT2D eigenvalue weighted by atomic mass is 9.99. The Bertz CT molecular complexity index is 454. The van der Waals surface area contributed by atoms with Gasteiger partial charge < -0.3 is 5.32 Å². The Morgan fingerprint density at radius 2 is 2.20 bits per heavy atom. The van der Waals surface area contributed by atoms with Gasteiger partial charge in [-0.1, -0.05) is 6.92 Å². The predicted molar refractivity (Wildman–Crippen MR) is 80.7 cm³/mol. The summed E-state index contributed by atoms with van der Waals surface area (Å²) in [7, 11) is 0. The lowest BCUT2D eigenvalue weighted by Gasteiger charge is -2.34. The Balaban J connectivity index is 1.98. The van der Waals surface area contributed by atoms with Crippen LogP contribution in [0, 0.1) is 5.92 Å². The molecule has 1 aromatic heterocycles. The van der Waals surface area contributed by atoms with Crippen molar-refractivity contribution in [3.8, 4) is 0 Å². The molecule has 0 aromatic carbocycles. The number of hydrogen-bond donors (Lipinski definition) is 1. The lowest BCUT2D eigenvalue weighted by Crippen LogP contribution is -2.46. The molecule has 0 spiro atoms. The normalized spacial score (nSPS) is 21.9. The highest BCUT2D eigenvalue weighted by Crippen LogP contribution is 2.19. The first kappa shape index (κ1) is 15.0. The van der Waals surface area contributed by atoms with E-state index in [-0.39, 0.29) is 18.0 Å². The van der Waals surface area contributed by atoms with E-state index in [4.69, 9.17) is 0 Å². The number of carbonyl (C=O) groups is 1. The molecule has 1 aromatic rings. The van der Waals surface area contributed by atoms with Gasteiger partial charge in [-0.25, -0.2) is 4.68 Å². The average Bonchev–Trinajstić information content (AvgIpc) is 2.86. The van der Waals surface area contributed by atoms with Gasteiger partial charge in [-0.3, -0.25) is 9.69 Å². The number of aromatic nitrogens is 2. The molecule has 2 unspecified atom stereocenters. The molecule has 2 rings (SSSR count). The fraction of sp³-hybridized carbons (Fsp3) is 0.733. The molecule has 1 aliphatic heterocycles. The van der Waals surface area contributed by atoms with Crippen LogP contribution in [0.15, 0.2) is 12.3 Å². The molecule has 0 bridgehead atoms. The molecule has 1 amide bonds. The summed E-state index contributed by atoms with van der Waals surface area (Å²) >= 11 is 0. The molecule has 0 aliphatic carbocycles. The van der Waals surface area contributed by atoms with Gasteiger partial charge in [-0.15, -0.1) is 0 Å². The Labute approximate surface area is 121 Å². The van der Waals surface area contributed by atoms with Crippen LogP contribution in [-0.4, -0.2) is 39.7 Å². The SMILES string of the molecule is CC1CCCN(C(C)C(=O)Nc2ccnn2C(C)C)C1. The van der Waals surface area contributed by atoms with E-state index in [1.54, 1.807) is 6.20 Å². The summed E-state index contributed by atoms with van der Waals surface area (Å²) in [5, 5.41) is 7.24. The highest BCUT2D eigenvalue weighted by Gasteiger charge is 2.26. The van der Waals surface area contributed by atoms with E-state index in [9.17, 15) is 4.79 Å². The van der Waals surface area contributed by atoms with Crippen molar-refractivity contribution in [2.45, 2.75) is 52.6 Å². The number of likely N-dealkylation sites (tertiary alicyclic amines) is 1. The van der Waals surface area contributed by atoms with E-state index in [0.717, 1.165) is 18.9 Å². The van der Waals surface area contributed by atoms with E-state index in [1.807, 2.05) is 17.7 Å². The molecule has 112 valence electrons. The second-order valence-corrected chi connectivity index (χ2v) is 6.16. The summed E-state index contributed by atoms with van der Waals surface area (Å²) < 4.78 is 1.84. The fourth-order valence-corrected chi connectivity index (χ4v) is 2.80. The molecule has 0 saturated carbocycles. The molecule has 20 heavy (non-hydrogen) atoms. The maximum atomic E-state index is 12.4. The topological polar surface area (TPSA) is 50.2 Å². The Kier molecular flexibility index (Phi) is 4.81. The van der Waals surface area contributed by atoms with Gasteiger partial charge in [0.05, 0.1) is 12.2 Å². The van der Waals surface area contributed by atoms with E-state index >= 15 is 0 Å². The van der Waals surface area contributed by atoms with Crippen LogP contribution in [0.25, 0.3) is 0 Å². The number of piperidine rings is 1. The van der Waals surface area contributed by atoms with Gasteiger partial charge in [0, 0.05) is 18.7 Å². The van der Waals surface area contributed by atoms with Gasteiger partial charge >= 0.3 is 0 Å². The number of carbonyl (C=O) groups excluding carboxylic acids is 1. The number of rotatable bonds is 4. The van der Waals surface area contributed by atoms with Crippen LogP contribution in [0.5, 0.6) is 0 Å². The van der Waals surface area contributed by atoms with Crippen LogP contribution in [-0.2, 0) is 4.79 Å². The number of hydrogen-bond acceptors (Lipinski definition) is 3. The number of amides is 1. The third-order valence-corrected chi connectivity index (χ3v) is 4.03. The van der Waals surface area contributed by atoms with Crippen LogP contribution in [0.1, 0.15) is 46.6 Å². The number of nitrogens with one attached hydrogen (secondary N) is 1. The molecule has 1 saturated heterocycles. The first-order valence-electron chi connectivity index (χ1n) is 7.57. The highest BCUT2D eigenvalue weighted by atomic mass is 16.2. The second-order valence-electron chi connectivity index (χ2n) is 6.16. The van der Waals surface area contributed by atoms with Crippen molar-refractivity contribution in [2.24, 2.45) is 5.92 Å². The minimum absolute atomic E-state index is 0.0569. The predicted octanol–water partition coefficient (Wildman–Crippen LogP) is 2.52. The van der Waals surface area contributed by atoms with E-state index < -0.39 is 0 Å². The summed E-state index contributed by atoms with van der Waals surface area (Å²) in [6, 6.07) is 2.00. The monoisotopic (exact) mass is 278 g/mol. The zero-order valence-electron chi connectivity index (χ0n) is 13.0. The summed E-state index contributed by atoms with van der Waals surface area (Å²) in [4.78, 5) is 14.7. The lowest BCUT2D eigenvalue weighted by molar-refractivity contribution is -0.121. The minimum Gasteiger partial charge on any atom is -0.310 e. The van der Waals surface area contributed by atoms with E-state index in [2.05, 4.69) is 36.1 Å². The molecule has 1 fully saturated rings. The largest absolute Gasteiger partial charge is 0.310 e. The molecule has 5 heteroatoms. The molecule has 1 N–H and O–H groups in total.